The first-order valence-electron chi connectivity index (χ1n) is 8.36. The van der Waals surface area contributed by atoms with Gasteiger partial charge < -0.3 is 24.7 Å². The van der Waals surface area contributed by atoms with Gasteiger partial charge in [-0.1, -0.05) is 0 Å². The van der Waals surface area contributed by atoms with Gasteiger partial charge in [0.15, 0.2) is 11.6 Å². The number of hydrogen-bond donors (Lipinski definition) is 2. The second kappa shape index (κ2) is 7.97. The average Bonchev–Trinajstić information content (AvgIpc) is 2.53. The summed E-state index contributed by atoms with van der Waals surface area (Å²) in [6.07, 6.45) is 0.350. The number of rotatable bonds is 4. The zero-order chi connectivity index (χ0) is 18.6. The van der Waals surface area contributed by atoms with E-state index in [0.29, 0.717) is 31.7 Å². The molecule has 8 heteroatoms. The van der Waals surface area contributed by atoms with E-state index in [-0.39, 0.29) is 24.9 Å². The number of hydrogen-bond acceptors (Lipinski definition) is 6. The molecule has 0 unspecified atom stereocenters. The number of carbonyl (C=O) groups excluding carboxylic acids is 1. The van der Waals surface area contributed by atoms with Gasteiger partial charge in [0.1, 0.15) is 5.60 Å². The molecule has 0 saturated carbocycles. The van der Waals surface area contributed by atoms with Crippen LogP contribution in [0.3, 0.4) is 0 Å². The maximum atomic E-state index is 14.3. The van der Waals surface area contributed by atoms with Gasteiger partial charge in [-0.2, -0.15) is 0 Å². The van der Waals surface area contributed by atoms with Gasteiger partial charge in [-0.15, -0.1) is 0 Å². The van der Waals surface area contributed by atoms with Gasteiger partial charge in [-0.25, -0.2) is 14.2 Å². The molecule has 2 heterocycles. The normalized spacial score (nSPS) is 16.7. The molecular weight excluding hydrogens is 329 g/mol. The highest BCUT2D eigenvalue weighted by atomic mass is 19.1. The van der Waals surface area contributed by atoms with Crippen molar-refractivity contribution in [2.75, 3.05) is 37.7 Å². The first-order valence-corrected chi connectivity index (χ1v) is 8.36. The number of carbonyl (C=O) groups is 1. The average molecular weight is 355 g/mol. The Hall–Kier alpha value is -1.93. The molecule has 25 heavy (non-hydrogen) atoms. The van der Waals surface area contributed by atoms with Gasteiger partial charge in [-0.3, -0.25) is 0 Å². The highest BCUT2D eigenvalue weighted by Crippen LogP contribution is 2.20. The molecule has 0 spiro atoms. The van der Waals surface area contributed by atoms with Crippen molar-refractivity contribution in [2.24, 2.45) is 0 Å². The van der Waals surface area contributed by atoms with E-state index in [2.05, 4.69) is 4.98 Å². The van der Waals surface area contributed by atoms with Crippen LogP contribution >= 0.6 is 0 Å². The second-order valence-corrected chi connectivity index (χ2v) is 7.14. The summed E-state index contributed by atoms with van der Waals surface area (Å²) in [5.41, 5.74) is -0.0215. The standard InChI is InChI=1S/C17H26FN3O4/c1-17(2,3)25-16(24)21-6-4-20(5-7-21)15-14(18)9-12(10-19-15)8-13(23)11-22/h9-10,13,22-23H,4-8,11H2,1-3H3/t13-/m1/s1. The summed E-state index contributed by atoms with van der Waals surface area (Å²) in [5.74, 6) is -0.251. The molecule has 0 aromatic carbocycles. The van der Waals surface area contributed by atoms with E-state index in [1.165, 1.54) is 12.3 Å². The van der Waals surface area contributed by atoms with Crippen LogP contribution in [0.15, 0.2) is 12.3 Å². The second-order valence-electron chi connectivity index (χ2n) is 7.14. The Kier molecular flexibility index (Phi) is 6.18. The van der Waals surface area contributed by atoms with Crippen LogP contribution in [0.4, 0.5) is 15.0 Å². The predicted molar refractivity (Wildman–Crippen MR) is 91.0 cm³/mol. The van der Waals surface area contributed by atoms with Crippen LogP contribution in [0.1, 0.15) is 26.3 Å². The Morgan fingerprint density at radius 1 is 1.36 bits per heavy atom. The lowest BCUT2D eigenvalue weighted by atomic mass is 10.1. The Balaban J connectivity index is 1.95. The molecule has 1 saturated heterocycles. The molecule has 1 amide bonds. The number of aliphatic hydroxyl groups is 2. The number of aliphatic hydroxyl groups excluding tert-OH is 2. The predicted octanol–water partition coefficient (Wildman–Crippen LogP) is 1.17. The number of aromatic nitrogens is 1. The van der Waals surface area contributed by atoms with Crippen molar-refractivity contribution in [3.63, 3.8) is 0 Å². The van der Waals surface area contributed by atoms with E-state index >= 15 is 0 Å². The van der Waals surface area contributed by atoms with Gasteiger partial charge in [0.25, 0.3) is 0 Å². The minimum absolute atomic E-state index is 0.146. The van der Waals surface area contributed by atoms with Crippen molar-refractivity contribution in [3.05, 3.63) is 23.6 Å². The molecule has 1 fully saturated rings. The lowest BCUT2D eigenvalue weighted by molar-refractivity contribution is 0.0240. The summed E-state index contributed by atoms with van der Waals surface area (Å²) >= 11 is 0. The van der Waals surface area contributed by atoms with E-state index in [9.17, 15) is 14.3 Å². The monoisotopic (exact) mass is 355 g/mol. The lowest BCUT2D eigenvalue weighted by Crippen LogP contribution is -2.50. The minimum atomic E-state index is -0.926. The Labute approximate surface area is 147 Å². The highest BCUT2D eigenvalue weighted by molar-refractivity contribution is 5.68. The molecule has 2 rings (SSSR count). The van der Waals surface area contributed by atoms with Crippen molar-refractivity contribution in [1.29, 1.82) is 0 Å². The van der Waals surface area contributed by atoms with Crippen LogP contribution in [0.5, 0.6) is 0 Å². The molecule has 2 N–H and O–H groups in total. The van der Waals surface area contributed by atoms with E-state index in [1.807, 2.05) is 20.8 Å². The first kappa shape index (κ1) is 19.4. The summed E-state index contributed by atoms with van der Waals surface area (Å²) in [4.78, 5) is 19.6. The van der Waals surface area contributed by atoms with Crippen LogP contribution in [-0.4, -0.2) is 70.7 Å². The van der Waals surface area contributed by atoms with Gasteiger partial charge in [0, 0.05) is 38.8 Å². The molecule has 0 aliphatic carbocycles. The third-order valence-corrected chi connectivity index (χ3v) is 3.79. The molecule has 1 aliphatic rings. The smallest absolute Gasteiger partial charge is 0.410 e. The molecule has 1 atom stereocenters. The zero-order valence-corrected chi connectivity index (χ0v) is 14.9. The van der Waals surface area contributed by atoms with Crippen LogP contribution in [0.2, 0.25) is 0 Å². The van der Waals surface area contributed by atoms with Crippen molar-refractivity contribution in [1.82, 2.24) is 9.88 Å². The summed E-state index contributed by atoms with van der Waals surface area (Å²) in [6, 6.07) is 1.32. The van der Waals surface area contributed by atoms with Crippen LogP contribution in [0.25, 0.3) is 0 Å². The molecule has 0 radical (unpaired) electrons. The number of halogens is 1. The molecule has 7 nitrogen and oxygen atoms in total. The molecule has 0 bridgehead atoms. The third kappa shape index (κ3) is 5.54. The summed E-state index contributed by atoms with van der Waals surface area (Å²) < 4.78 is 19.7. The number of anilines is 1. The van der Waals surface area contributed by atoms with Crippen LogP contribution in [-0.2, 0) is 11.2 Å². The SMILES string of the molecule is CC(C)(C)OC(=O)N1CCN(c2ncc(C[C@@H](O)CO)cc2F)CC1. The summed E-state index contributed by atoms with van der Waals surface area (Å²) in [5, 5.41) is 18.3. The molecule has 1 aromatic heterocycles. The third-order valence-electron chi connectivity index (χ3n) is 3.79. The Bertz CT molecular complexity index is 598. The quantitative estimate of drug-likeness (QED) is 0.843. The van der Waals surface area contributed by atoms with Crippen molar-refractivity contribution < 1.29 is 24.1 Å². The first-order chi connectivity index (χ1) is 11.7. The Morgan fingerprint density at radius 3 is 2.52 bits per heavy atom. The molecular formula is C17H26FN3O4. The van der Waals surface area contributed by atoms with E-state index in [4.69, 9.17) is 9.84 Å². The van der Waals surface area contributed by atoms with Crippen molar-refractivity contribution >= 4 is 11.9 Å². The number of nitrogens with zero attached hydrogens (tertiary/aromatic N) is 3. The van der Waals surface area contributed by atoms with Crippen molar-refractivity contribution in [2.45, 2.75) is 38.9 Å². The fraction of sp³-hybridized carbons (Fsp3) is 0.647. The topological polar surface area (TPSA) is 86.1 Å². The summed E-state index contributed by atoms with van der Waals surface area (Å²) in [6.45, 7) is 6.85. The maximum absolute atomic E-state index is 14.3. The van der Waals surface area contributed by atoms with E-state index in [0.717, 1.165) is 0 Å². The number of ether oxygens (including phenoxy) is 1. The van der Waals surface area contributed by atoms with Gasteiger partial charge in [0.2, 0.25) is 0 Å². The largest absolute Gasteiger partial charge is 0.444 e. The highest BCUT2D eigenvalue weighted by Gasteiger charge is 2.27. The lowest BCUT2D eigenvalue weighted by Gasteiger charge is -2.36. The van der Waals surface area contributed by atoms with Gasteiger partial charge >= 0.3 is 6.09 Å². The fourth-order valence-electron chi connectivity index (χ4n) is 2.58. The van der Waals surface area contributed by atoms with Crippen LogP contribution in [0, 0.1) is 5.82 Å². The molecule has 140 valence electrons. The van der Waals surface area contributed by atoms with Crippen LogP contribution < -0.4 is 4.90 Å². The van der Waals surface area contributed by atoms with E-state index < -0.39 is 17.5 Å². The molecule has 1 aliphatic heterocycles. The van der Waals surface area contributed by atoms with Gasteiger partial charge in [-0.05, 0) is 32.4 Å². The van der Waals surface area contributed by atoms with Gasteiger partial charge in [0.05, 0.1) is 12.7 Å². The zero-order valence-electron chi connectivity index (χ0n) is 14.9. The number of amides is 1. The maximum Gasteiger partial charge on any atom is 0.410 e. The fourth-order valence-corrected chi connectivity index (χ4v) is 2.58. The minimum Gasteiger partial charge on any atom is -0.444 e. The number of piperazine rings is 1. The van der Waals surface area contributed by atoms with E-state index in [1.54, 1.807) is 9.80 Å². The number of pyridine rings is 1. The molecule has 1 aromatic rings. The van der Waals surface area contributed by atoms with Crippen molar-refractivity contribution in [3.8, 4) is 0 Å². The Morgan fingerprint density at radius 2 is 2.00 bits per heavy atom. The summed E-state index contributed by atoms with van der Waals surface area (Å²) in [7, 11) is 0.